The Balaban J connectivity index is 2.04. The van der Waals surface area contributed by atoms with Gasteiger partial charge in [0.25, 0.3) is 5.56 Å². The number of aryl methyl sites for hydroxylation is 1. The van der Waals surface area contributed by atoms with Gasteiger partial charge in [-0.1, -0.05) is 13.3 Å². The van der Waals surface area contributed by atoms with Crippen molar-refractivity contribution in [3.05, 3.63) is 46.1 Å². The summed E-state index contributed by atoms with van der Waals surface area (Å²) in [6.45, 7) is 5.48. The molecule has 0 aromatic carbocycles. The maximum atomic E-state index is 12.2. The molecule has 0 saturated carbocycles. The first-order chi connectivity index (χ1) is 12.5. The Morgan fingerprint density at radius 3 is 2.85 bits per heavy atom. The highest BCUT2D eigenvalue weighted by atomic mass is 16.3. The quantitative estimate of drug-likeness (QED) is 0.707. The molecule has 26 heavy (non-hydrogen) atoms. The van der Waals surface area contributed by atoms with Crippen molar-refractivity contribution in [3.8, 4) is 17.4 Å². The van der Waals surface area contributed by atoms with E-state index in [1.807, 2.05) is 6.92 Å². The van der Waals surface area contributed by atoms with E-state index in [0.29, 0.717) is 35.0 Å². The molecule has 0 aliphatic rings. The third-order valence-corrected chi connectivity index (χ3v) is 4.09. The minimum absolute atomic E-state index is 0.120. The van der Waals surface area contributed by atoms with E-state index in [4.69, 9.17) is 4.42 Å². The molecule has 3 aromatic rings. The Bertz CT molecular complexity index is 969. The molecular weight excluding hydrogens is 334 g/mol. The Morgan fingerprint density at radius 2 is 2.19 bits per heavy atom. The van der Waals surface area contributed by atoms with Crippen LogP contribution in [0.4, 0.5) is 5.82 Å². The first-order valence-electron chi connectivity index (χ1n) is 8.51. The smallest absolute Gasteiger partial charge is 0.255 e. The highest BCUT2D eigenvalue weighted by Crippen LogP contribution is 2.24. The summed E-state index contributed by atoms with van der Waals surface area (Å²) in [7, 11) is 0. The molecule has 0 saturated heterocycles. The highest BCUT2D eigenvalue weighted by Gasteiger charge is 2.17. The summed E-state index contributed by atoms with van der Waals surface area (Å²) in [5.41, 5.74) is 1.43. The number of amides is 1. The fraction of sp³-hybridized carbons (Fsp3) is 0.333. The molecule has 0 fully saturated rings. The van der Waals surface area contributed by atoms with Crippen LogP contribution < -0.4 is 10.9 Å². The van der Waals surface area contributed by atoms with Crippen molar-refractivity contribution < 1.29 is 9.21 Å². The second-order valence-corrected chi connectivity index (χ2v) is 6.06. The average Bonchev–Trinajstić information content (AvgIpc) is 3.27. The Morgan fingerprint density at radius 1 is 1.38 bits per heavy atom. The fourth-order valence-electron chi connectivity index (χ4n) is 2.45. The van der Waals surface area contributed by atoms with Crippen LogP contribution in [0.3, 0.4) is 0 Å². The van der Waals surface area contributed by atoms with Crippen molar-refractivity contribution in [2.75, 3.05) is 5.32 Å². The summed E-state index contributed by atoms with van der Waals surface area (Å²) >= 11 is 0. The van der Waals surface area contributed by atoms with E-state index in [1.54, 1.807) is 38.3 Å². The number of anilines is 1. The van der Waals surface area contributed by atoms with Crippen molar-refractivity contribution in [1.82, 2.24) is 19.7 Å². The Labute approximate surface area is 150 Å². The van der Waals surface area contributed by atoms with E-state index < -0.39 is 0 Å². The first kappa shape index (κ1) is 17.7. The summed E-state index contributed by atoms with van der Waals surface area (Å²) in [6.07, 6.45) is 3.68. The molecular formula is C18H21N5O3. The van der Waals surface area contributed by atoms with E-state index in [2.05, 4.69) is 20.4 Å². The zero-order valence-corrected chi connectivity index (χ0v) is 15.0. The average molecular weight is 355 g/mol. The molecule has 136 valence electrons. The number of rotatable bonds is 6. The summed E-state index contributed by atoms with van der Waals surface area (Å²) < 4.78 is 6.79. The number of carbonyl (C=O) groups excluding carboxylic acids is 1. The zero-order chi connectivity index (χ0) is 18.7. The second-order valence-electron chi connectivity index (χ2n) is 6.06. The molecule has 0 spiro atoms. The van der Waals surface area contributed by atoms with E-state index in [1.165, 1.54) is 4.68 Å². The minimum atomic E-state index is -0.245. The molecule has 3 heterocycles. The largest absolute Gasteiger partial charge is 0.463 e. The summed E-state index contributed by atoms with van der Waals surface area (Å²) in [5.74, 6) is 1.09. The van der Waals surface area contributed by atoms with E-state index in [9.17, 15) is 9.59 Å². The van der Waals surface area contributed by atoms with Crippen molar-refractivity contribution >= 4 is 11.7 Å². The van der Waals surface area contributed by atoms with Gasteiger partial charge in [0.15, 0.2) is 5.76 Å². The van der Waals surface area contributed by atoms with Crippen LogP contribution in [-0.2, 0) is 4.79 Å². The van der Waals surface area contributed by atoms with Crippen LogP contribution in [0.1, 0.15) is 37.4 Å². The Kier molecular flexibility index (Phi) is 5.01. The molecule has 0 aliphatic heterocycles. The number of unbranched alkanes of at least 4 members (excludes halogenated alkanes) is 1. The van der Waals surface area contributed by atoms with Gasteiger partial charge in [0.05, 0.1) is 6.26 Å². The maximum Gasteiger partial charge on any atom is 0.255 e. The van der Waals surface area contributed by atoms with Crippen LogP contribution in [0.2, 0.25) is 0 Å². The number of carbonyl (C=O) groups is 1. The Hall–Kier alpha value is -3.16. The predicted molar refractivity (Wildman–Crippen MR) is 97.3 cm³/mol. The van der Waals surface area contributed by atoms with Crippen LogP contribution in [0, 0.1) is 13.8 Å². The number of H-pyrrole nitrogens is 1. The lowest BCUT2D eigenvalue weighted by Crippen LogP contribution is -2.20. The van der Waals surface area contributed by atoms with Crippen LogP contribution in [0.15, 0.2) is 33.7 Å². The third-order valence-electron chi connectivity index (χ3n) is 4.09. The zero-order valence-electron chi connectivity index (χ0n) is 15.0. The molecule has 0 radical (unpaired) electrons. The molecule has 3 rings (SSSR count). The van der Waals surface area contributed by atoms with Crippen LogP contribution in [0.5, 0.6) is 0 Å². The van der Waals surface area contributed by atoms with Crippen molar-refractivity contribution in [1.29, 1.82) is 0 Å². The fourth-order valence-corrected chi connectivity index (χ4v) is 2.45. The number of hydrogen-bond acceptors (Lipinski definition) is 5. The third kappa shape index (κ3) is 3.58. The molecule has 8 nitrogen and oxygen atoms in total. The van der Waals surface area contributed by atoms with Gasteiger partial charge in [-0.3, -0.25) is 14.6 Å². The lowest BCUT2D eigenvalue weighted by atomic mass is 10.2. The van der Waals surface area contributed by atoms with Crippen LogP contribution in [0.25, 0.3) is 17.4 Å². The predicted octanol–water partition coefficient (Wildman–Crippen LogP) is 2.96. The van der Waals surface area contributed by atoms with Crippen molar-refractivity contribution in [2.45, 2.75) is 40.0 Å². The monoisotopic (exact) mass is 355 g/mol. The summed E-state index contributed by atoms with van der Waals surface area (Å²) in [5, 5.41) is 7.28. The summed E-state index contributed by atoms with van der Waals surface area (Å²) in [6, 6.07) is 5.22. The number of nitrogens with one attached hydrogen (secondary N) is 2. The molecule has 0 atom stereocenters. The van der Waals surface area contributed by atoms with Gasteiger partial charge in [-0.15, -0.1) is 0 Å². The normalized spacial score (nSPS) is 10.9. The van der Waals surface area contributed by atoms with Crippen molar-refractivity contribution in [3.63, 3.8) is 0 Å². The van der Waals surface area contributed by atoms with Gasteiger partial charge in [-0.25, -0.2) is 4.98 Å². The second kappa shape index (κ2) is 7.38. The molecule has 8 heteroatoms. The number of hydrogen-bond donors (Lipinski definition) is 2. The standard InChI is InChI=1S/C18H21N5O3/c1-4-5-8-16(24)20-15-10-13(14-7-6-9-26-14)22-23(15)18-19-12(3)11(2)17(25)21-18/h6-7,9-10H,4-5,8H2,1-3H3,(H,20,24)(H,19,21,25). The lowest BCUT2D eigenvalue weighted by molar-refractivity contribution is -0.116. The van der Waals surface area contributed by atoms with Gasteiger partial charge in [0, 0.05) is 23.7 Å². The first-order valence-corrected chi connectivity index (χ1v) is 8.51. The van der Waals surface area contributed by atoms with Gasteiger partial charge in [-0.05, 0) is 32.4 Å². The summed E-state index contributed by atoms with van der Waals surface area (Å²) in [4.78, 5) is 31.4. The highest BCUT2D eigenvalue weighted by molar-refractivity contribution is 5.90. The molecule has 3 aromatic heterocycles. The van der Waals surface area contributed by atoms with Gasteiger partial charge < -0.3 is 9.73 Å². The minimum Gasteiger partial charge on any atom is -0.463 e. The van der Waals surface area contributed by atoms with E-state index in [-0.39, 0.29) is 17.4 Å². The van der Waals surface area contributed by atoms with Gasteiger partial charge in [0.2, 0.25) is 11.9 Å². The molecule has 2 N–H and O–H groups in total. The number of furan rings is 1. The molecule has 0 unspecified atom stereocenters. The van der Waals surface area contributed by atoms with Gasteiger partial charge >= 0.3 is 0 Å². The van der Waals surface area contributed by atoms with Crippen LogP contribution >= 0.6 is 0 Å². The number of aromatic nitrogens is 4. The SMILES string of the molecule is CCCCC(=O)Nc1cc(-c2ccco2)nn1-c1nc(C)c(C)c(=O)[nH]1. The topological polar surface area (TPSA) is 106 Å². The van der Waals surface area contributed by atoms with Crippen molar-refractivity contribution in [2.24, 2.45) is 0 Å². The molecule has 1 amide bonds. The van der Waals surface area contributed by atoms with E-state index >= 15 is 0 Å². The number of nitrogens with zero attached hydrogens (tertiary/aromatic N) is 3. The molecule has 0 bridgehead atoms. The lowest BCUT2D eigenvalue weighted by Gasteiger charge is -2.09. The van der Waals surface area contributed by atoms with Crippen LogP contribution in [-0.4, -0.2) is 25.7 Å². The maximum absolute atomic E-state index is 12.2. The molecule has 0 aliphatic carbocycles. The van der Waals surface area contributed by atoms with Gasteiger partial charge in [0.1, 0.15) is 11.5 Å². The number of aromatic amines is 1. The van der Waals surface area contributed by atoms with E-state index in [0.717, 1.165) is 12.8 Å². The van der Waals surface area contributed by atoms with Gasteiger partial charge in [-0.2, -0.15) is 9.78 Å².